The van der Waals surface area contributed by atoms with E-state index in [4.69, 9.17) is 14.9 Å². The molecule has 142 valence electrons. The molecule has 0 spiro atoms. The third-order valence-corrected chi connectivity index (χ3v) is 4.45. The standard InChI is InChI=1S/C16H14O3.C5H8O3/c1-10-7-8-12(9-11(10)2)15(17)13-5-3-4-6-14(13)16(18)19;6-5(7)4-1-2-8-3-4/h3-9H,1-2H3,(H,18,19);4H,1-3H2,(H,6,7). The second-order valence-electron chi connectivity index (χ2n) is 6.38. The average Bonchev–Trinajstić information content (AvgIpc) is 3.19. The van der Waals surface area contributed by atoms with Crippen LogP contribution >= 0.6 is 0 Å². The quantitative estimate of drug-likeness (QED) is 0.801. The highest BCUT2D eigenvalue weighted by Gasteiger charge is 2.22. The van der Waals surface area contributed by atoms with Crippen molar-refractivity contribution in [2.45, 2.75) is 20.3 Å². The minimum Gasteiger partial charge on any atom is -0.481 e. The first-order valence-electron chi connectivity index (χ1n) is 8.56. The molecule has 27 heavy (non-hydrogen) atoms. The van der Waals surface area contributed by atoms with Crippen LogP contribution in [0.2, 0.25) is 0 Å². The van der Waals surface area contributed by atoms with Crippen LogP contribution in [-0.2, 0) is 9.53 Å². The van der Waals surface area contributed by atoms with Crippen LogP contribution < -0.4 is 0 Å². The Morgan fingerprint density at radius 1 is 0.963 bits per heavy atom. The minimum absolute atomic E-state index is 0.0331. The summed E-state index contributed by atoms with van der Waals surface area (Å²) in [6.45, 7) is 4.90. The Kier molecular flexibility index (Phi) is 6.85. The smallest absolute Gasteiger partial charge is 0.336 e. The summed E-state index contributed by atoms with van der Waals surface area (Å²) in [7, 11) is 0. The highest BCUT2D eigenvalue weighted by atomic mass is 16.5. The minimum atomic E-state index is -1.09. The fraction of sp³-hybridized carbons (Fsp3) is 0.286. The van der Waals surface area contributed by atoms with Gasteiger partial charge in [0.25, 0.3) is 0 Å². The van der Waals surface area contributed by atoms with Gasteiger partial charge in [-0.05, 0) is 43.5 Å². The molecule has 1 fully saturated rings. The van der Waals surface area contributed by atoms with Gasteiger partial charge in [0.2, 0.25) is 0 Å². The number of hydrogen-bond donors (Lipinski definition) is 2. The van der Waals surface area contributed by atoms with Crippen molar-refractivity contribution < 1.29 is 29.3 Å². The van der Waals surface area contributed by atoms with E-state index in [1.54, 1.807) is 30.3 Å². The van der Waals surface area contributed by atoms with Gasteiger partial charge in [-0.15, -0.1) is 0 Å². The molecule has 1 aliphatic rings. The van der Waals surface area contributed by atoms with E-state index in [0.29, 0.717) is 25.2 Å². The molecule has 3 rings (SSSR count). The lowest BCUT2D eigenvalue weighted by molar-refractivity contribution is -0.141. The molecule has 6 nitrogen and oxygen atoms in total. The van der Waals surface area contributed by atoms with E-state index in [-0.39, 0.29) is 22.8 Å². The third-order valence-electron chi connectivity index (χ3n) is 4.45. The van der Waals surface area contributed by atoms with Crippen LogP contribution in [0.3, 0.4) is 0 Å². The van der Waals surface area contributed by atoms with Gasteiger partial charge < -0.3 is 14.9 Å². The van der Waals surface area contributed by atoms with Crippen LogP contribution in [0, 0.1) is 19.8 Å². The summed E-state index contributed by atoms with van der Waals surface area (Å²) in [6, 6.07) is 11.6. The van der Waals surface area contributed by atoms with Crippen molar-refractivity contribution in [3.05, 3.63) is 70.3 Å². The highest BCUT2D eigenvalue weighted by molar-refractivity contribution is 6.14. The Balaban J connectivity index is 0.000000273. The van der Waals surface area contributed by atoms with Gasteiger partial charge in [-0.1, -0.05) is 30.3 Å². The van der Waals surface area contributed by atoms with Gasteiger partial charge in [0.15, 0.2) is 5.78 Å². The maximum atomic E-state index is 12.4. The normalized spacial score (nSPS) is 15.6. The van der Waals surface area contributed by atoms with E-state index in [1.165, 1.54) is 6.07 Å². The number of aliphatic carboxylic acids is 1. The van der Waals surface area contributed by atoms with Crippen LogP contribution in [0.4, 0.5) is 0 Å². The molecule has 0 radical (unpaired) electrons. The number of ether oxygens (including phenoxy) is 1. The van der Waals surface area contributed by atoms with E-state index in [0.717, 1.165) is 11.1 Å². The average molecular weight is 370 g/mol. The number of aryl methyl sites for hydroxylation is 2. The fourth-order valence-corrected chi connectivity index (χ4v) is 2.64. The van der Waals surface area contributed by atoms with E-state index in [1.807, 2.05) is 19.9 Å². The van der Waals surface area contributed by atoms with Crippen molar-refractivity contribution in [2.24, 2.45) is 5.92 Å². The van der Waals surface area contributed by atoms with E-state index < -0.39 is 11.9 Å². The molecule has 0 aromatic heterocycles. The van der Waals surface area contributed by atoms with Gasteiger partial charge >= 0.3 is 11.9 Å². The molecule has 1 aliphatic heterocycles. The van der Waals surface area contributed by atoms with Gasteiger partial charge in [-0.25, -0.2) is 4.79 Å². The summed E-state index contributed by atoms with van der Waals surface area (Å²) < 4.78 is 4.84. The second-order valence-corrected chi connectivity index (χ2v) is 6.38. The van der Waals surface area contributed by atoms with Crippen LogP contribution in [0.15, 0.2) is 42.5 Å². The van der Waals surface area contributed by atoms with Crippen molar-refractivity contribution >= 4 is 17.7 Å². The molecule has 2 aromatic rings. The number of aromatic carboxylic acids is 1. The highest BCUT2D eigenvalue weighted by Crippen LogP contribution is 2.17. The SMILES string of the molecule is Cc1ccc(C(=O)c2ccccc2C(=O)O)cc1C.O=C(O)C1CCOC1. The Bertz CT molecular complexity index is 850. The third kappa shape index (κ3) is 5.24. The molecule has 1 saturated heterocycles. The lowest BCUT2D eigenvalue weighted by Gasteiger charge is -2.07. The molecule has 0 saturated carbocycles. The van der Waals surface area contributed by atoms with Crippen molar-refractivity contribution in [2.75, 3.05) is 13.2 Å². The van der Waals surface area contributed by atoms with Crippen molar-refractivity contribution in [3.8, 4) is 0 Å². The first-order chi connectivity index (χ1) is 12.8. The molecule has 1 unspecified atom stereocenters. The number of carboxylic acids is 2. The first kappa shape index (κ1) is 20.3. The predicted octanol–water partition coefficient (Wildman–Crippen LogP) is 3.34. The number of carboxylic acid groups (broad SMARTS) is 2. The molecule has 2 aromatic carbocycles. The van der Waals surface area contributed by atoms with Crippen molar-refractivity contribution in [1.82, 2.24) is 0 Å². The fourth-order valence-electron chi connectivity index (χ4n) is 2.64. The van der Waals surface area contributed by atoms with E-state index in [2.05, 4.69) is 0 Å². The Labute approximate surface area is 157 Å². The number of rotatable bonds is 4. The molecule has 0 amide bonds. The molecule has 0 bridgehead atoms. The number of hydrogen-bond acceptors (Lipinski definition) is 4. The van der Waals surface area contributed by atoms with Gasteiger partial charge in [-0.3, -0.25) is 9.59 Å². The summed E-state index contributed by atoms with van der Waals surface area (Å²) in [6.07, 6.45) is 0.676. The largest absolute Gasteiger partial charge is 0.481 e. The Hall–Kier alpha value is -2.99. The molecule has 1 atom stereocenters. The molecule has 2 N–H and O–H groups in total. The van der Waals surface area contributed by atoms with Crippen molar-refractivity contribution in [1.29, 1.82) is 0 Å². The molecular formula is C21H22O6. The monoisotopic (exact) mass is 370 g/mol. The zero-order valence-electron chi connectivity index (χ0n) is 15.3. The van der Waals surface area contributed by atoms with Crippen LogP contribution in [0.5, 0.6) is 0 Å². The summed E-state index contributed by atoms with van der Waals surface area (Å²) in [5.41, 5.74) is 2.88. The molecular weight excluding hydrogens is 348 g/mol. The zero-order chi connectivity index (χ0) is 20.0. The summed E-state index contributed by atoms with van der Waals surface area (Å²) in [5, 5.41) is 17.4. The van der Waals surface area contributed by atoms with Crippen LogP contribution in [-0.4, -0.2) is 41.1 Å². The summed E-state index contributed by atoms with van der Waals surface area (Å²) >= 11 is 0. The predicted molar refractivity (Wildman–Crippen MR) is 99.3 cm³/mol. The molecule has 1 heterocycles. The van der Waals surface area contributed by atoms with E-state index in [9.17, 15) is 14.4 Å². The van der Waals surface area contributed by atoms with Gasteiger partial charge in [0, 0.05) is 17.7 Å². The molecule has 0 aliphatic carbocycles. The van der Waals surface area contributed by atoms with Gasteiger partial charge in [0.1, 0.15) is 0 Å². The lowest BCUT2D eigenvalue weighted by atomic mass is 9.96. The maximum Gasteiger partial charge on any atom is 0.336 e. The van der Waals surface area contributed by atoms with Crippen LogP contribution in [0.25, 0.3) is 0 Å². The summed E-state index contributed by atoms with van der Waals surface area (Å²) in [5.74, 6) is -2.33. The van der Waals surface area contributed by atoms with Crippen LogP contribution in [0.1, 0.15) is 43.8 Å². The number of carbonyl (C=O) groups is 3. The summed E-state index contributed by atoms with van der Waals surface area (Å²) in [4.78, 5) is 33.6. The van der Waals surface area contributed by atoms with Gasteiger partial charge in [0.05, 0.1) is 18.1 Å². The number of benzene rings is 2. The number of carbonyl (C=O) groups excluding carboxylic acids is 1. The topological polar surface area (TPSA) is 101 Å². The van der Waals surface area contributed by atoms with Gasteiger partial charge in [-0.2, -0.15) is 0 Å². The van der Waals surface area contributed by atoms with Crippen molar-refractivity contribution in [3.63, 3.8) is 0 Å². The maximum absolute atomic E-state index is 12.4. The Morgan fingerprint density at radius 3 is 2.11 bits per heavy atom. The second kappa shape index (κ2) is 9.09. The first-order valence-corrected chi connectivity index (χ1v) is 8.56. The lowest BCUT2D eigenvalue weighted by Crippen LogP contribution is -2.12. The van der Waals surface area contributed by atoms with E-state index >= 15 is 0 Å². The number of ketones is 1. The zero-order valence-corrected chi connectivity index (χ0v) is 15.3. The Morgan fingerprint density at radius 2 is 1.63 bits per heavy atom. The molecule has 6 heteroatoms.